The number of aliphatic hydroxyl groups is 1. The number of urea groups is 1. The molecule has 3 N–H and O–H groups in total. The zero-order valence-corrected chi connectivity index (χ0v) is 14.4. The highest BCUT2D eigenvalue weighted by molar-refractivity contribution is 6.31. The van der Waals surface area contributed by atoms with E-state index in [0.717, 1.165) is 11.1 Å². The molecule has 0 saturated carbocycles. The van der Waals surface area contributed by atoms with Gasteiger partial charge in [-0.25, -0.2) is 4.79 Å². The third-order valence-electron chi connectivity index (χ3n) is 3.59. The maximum atomic E-state index is 12.3. The lowest BCUT2D eigenvalue weighted by atomic mass is 9.97. The van der Waals surface area contributed by atoms with Crippen LogP contribution >= 0.6 is 11.6 Å². The molecular formula is C18H21ClN2O3. The standard InChI is InChI=1S/C18H21ClN2O3/c1-12(11-22)20-18(23)21-17(13-7-3-5-9-15(13)19)14-8-4-6-10-16(14)24-2/h3-10,12,17,22H,11H2,1-2H3,(H2,20,21,23)/t12-,17-/m1/s1. The van der Waals surface area contributed by atoms with Crippen LogP contribution in [-0.2, 0) is 0 Å². The van der Waals surface area contributed by atoms with Crippen LogP contribution in [0.1, 0.15) is 24.1 Å². The summed E-state index contributed by atoms with van der Waals surface area (Å²) >= 11 is 6.33. The number of para-hydroxylation sites is 1. The predicted octanol–water partition coefficient (Wildman–Crippen LogP) is 3.12. The topological polar surface area (TPSA) is 70.6 Å². The highest BCUT2D eigenvalue weighted by atomic mass is 35.5. The van der Waals surface area contributed by atoms with Crippen molar-refractivity contribution in [2.75, 3.05) is 13.7 Å². The second-order valence-electron chi connectivity index (χ2n) is 5.40. The number of ether oxygens (including phenoxy) is 1. The fraction of sp³-hybridized carbons (Fsp3) is 0.278. The smallest absolute Gasteiger partial charge is 0.315 e. The minimum absolute atomic E-state index is 0.140. The number of nitrogens with one attached hydrogen (secondary N) is 2. The molecule has 0 spiro atoms. The van der Waals surface area contributed by atoms with Gasteiger partial charge in [0.25, 0.3) is 0 Å². The molecule has 0 unspecified atom stereocenters. The van der Waals surface area contributed by atoms with E-state index in [9.17, 15) is 4.79 Å². The summed E-state index contributed by atoms with van der Waals surface area (Å²) in [4.78, 5) is 12.3. The minimum Gasteiger partial charge on any atom is -0.496 e. The van der Waals surface area contributed by atoms with Crippen molar-refractivity contribution < 1.29 is 14.6 Å². The monoisotopic (exact) mass is 348 g/mol. The Labute approximate surface area is 146 Å². The summed E-state index contributed by atoms with van der Waals surface area (Å²) < 4.78 is 5.42. The van der Waals surface area contributed by atoms with Crippen LogP contribution in [0, 0.1) is 0 Å². The van der Waals surface area contributed by atoms with Gasteiger partial charge >= 0.3 is 6.03 Å². The van der Waals surface area contributed by atoms with Crippen LogP contribution in [-0.4, -0.2) is 30.9 Å². The van der Waals surface area contributed by atoms with E-state index >= 15 is 0 Å². The van der Waals surface area contributed by atoms with Crippen molar-refractivity contribution in [1.82, 2.24) is 10.6 Å². The molecule has 24 heavy (non-hydrogen) atoms. The van der Waals surface area contributed by atoms with E-state index in [2.05, 4.69) is 10.6 Å². The fourth-order valence-corrected chi connectivity index (χ4v) is 2.62. The third kappa shape index (κ3) is 4.40. The number of benzene rings is 2. The molecule has 0 aliphatic rings. The first-order valence-corrected chi connectivity index (χ1v) is 7.99. The Balaban J connectivity index is 2.39. The van der Waals surface area contributed by atoms with Crippen LogP contribution in [0.2, 0.25) is 5.02 Å². The number of methoxy groups -OCH3 is 1. The molecule has 0 aliphatic heterocycles. The van der Waals surface area contributed by atoms with Crippen LogP contribution in [0.3, 0.4) is 0 Å². The van der Waals surface area contributed by atoms with Crippen molar-refractivity contribution in [2.45, 2.75) is 19.0 Å². The summed E-state index contributed by atoms with van der Waals surface area (Å²) in [5, 5.41) is 15.2. The number of amides is 2. The van der Waals surface area contributed by atoms with Crippen molar-refractivity contribution in [3.63, 3.8) is 0 Å². The molecule has 0 heterocycles. The van der Waals surface area contributed by atoms with Gasteiger partial charge in [0.05, 0.1) is 25.8 Å². The van der Waals surface area contributed by atoms with Crippen molar-refractivity contribution in [3.05, 3.63) is 64.7 Å². The molecule has 0 aromatic heterocycles. The number of carbonyl (C=O) groups is 1. The number of hydrogen-bond acceptors (Lipinski definition) is 3. The molecule has 2 aromatic carbocycles. The Kier molecular flexibility index (Phi) is 6.46. The number of hydrogen-bond donors (Lipinski definition) is 3. The molecule has 2 rings (SSSR count). The number of aliphatic hydroxyl groups excluding tert-OH is 1. The highest BCUT2D eigenvalue weighted by Gasteiger charge is 2.22. The van der Waals surface area contributed by atoms with Gasteiger partial charge in [0.15, 0.2) is 0 Å². The van der Waals surface area contributed by atoms with E-state index in [4.69, 9.17) is 21.4 Å². The Bertz CT molecular complexity index is 693. The van der Waals surface area contributed by atoms with E-state index in [-0.39, 0.29) is 12.6 Å². The van der Waals surface area contributed by atoms with Gasteiger partial charge in [-0.2, -0.15) is 0 Å². The van der Waals surface area contributed by atoms with Crippen molar-refractivity contribution in [2.24, 2.45) is 0 Å². The molecule has 128 valence electrons. The van der Waals surface area contributed by atoms with E-state index in [1.807, 2.05) is 42.5 Å². The van der Waals surface area contributed by atoms with Gasteiger partial charge in [0.2, 0.25) is 0 Å². The van der Waals surface area contributed by atoms with Gasteiger partial charge < -0.3 is 20.5 Å². The molecule has 2 aromatic rings. The summed E-state index contributed by atoms with van der Waals surface area (Å²) in [6.07, 6.45) is 0. The largest absolute Gasteiger partial charge is 0.496 e. The molecule has 0 radical (unpaired) electrons. The lowest BCUT2D eigenvalue weighted by molar-refractivity contribution is 0.218. The molecular weight excluding hydrogens is 328 g/mol. The Morgan fingerprint density at radius 3 is 2.38 bits per heavy atom. The van der Waals surface area contributed by atoms with Gasteiger partial charge in [-0.1, -0.05) is 48.0 Å². The van der Waals surface area contributed by atoms with E-state index in [1.54, 1.807) is 20.1 Å². The van der Waals surface area contributed by atoms with Gasteiger partial charge in [0.1, 0.15) is 5.75 Å². The maximum absolute atomic E-state index is 12.3. The molecule has 2 atom stereocenters. The predicted molar refractivity (Wildman–Crippen MR) is 94.5 cm³/mol. The summed E-state index contributed by atoms with van der Waals surface area (Å²) in [5.74, 6) is 0.651. The molecule has 2 amide bonds. The summed E-state index contributed by atoms with van der Waals surface area (Å²) in [5.41, 5.74) is 1.55. The Morgan fingerprint density at radius 2 is 1.75 bits per heavy atom. The van der Waals surface area contributed by atoms with Crippen LogP contribution in [0.25, 0.3) is 0 Å². The molecule has 0 saturated heterocycles. The first-order valence-electron chi connectivity index (χ1n) is 7.62. The van der Waals surface area contributed by atoms with Crippen LogP contribution in [0.4, 0.5) is 4.79 Å². The van der Waals surface area contributed by atoms with Crippen molar-refractivity contribution in [1.29, 1.82) is 0 Å². The molecule has 6 heteroatoms. The maximum Gasteiger partial charge on any atom is 0.315 e. The molecule has 0 bridgehead atoms. The average Bonchev–Trinajstić information content (AvgIpc) is 2.60. The number of halogens is 1. The SMILES string of the molecule is COc1ccccc1[C@H](NC(=O)N[C@H](C)CO)c1ccccc1Cl. The first kappa shape index (κ1) is 18.1. The summed E-state index contributed by atoms with van der Waals surface area (Å²) in [6, 6.07) is 13.5. The summed E-state index contributed by atoms with van der Waals surface area (Å²) in [6.45, 7) is 1.58. The molecule has 5 nitrogen and oxygen atoms in total. The van der Waals surface area contributed by atoms with E-state index in [0.29, 0.717) is 10.8 Å². The minimum atomic E-state index is -0.485. The Hall–Kier alpha value is -2.24. The van der Waals surface area contributed by atoms with Crippen molar-refractivity contribution in [3.8, 4) is 5.75 Å². The van der Waals surface area contributed by atoms with Crippen LogP contribution in [0.15, 0.2) is 48.5 Å². The highest BCUT2D eigenvalue weighted by Crippen LogP contribution is 2.33. The second kappa shape index (κ2) is 8.57. The zero-order chi connectivity index (χ0) is 17.5. The first-order chi connectivity index (χ1) is 11.6. The number of carbonyl (C=O) groups excluding carboxylic acids is 1. The van der Waals surface area contributed by atoms with E-state index in [1.165, 1.54) is 0 Å². The second-order valence-corrected chi connectivity index (χ2v) is 5.81. The number of rotatable bonds is 6. The van der Waals surface area contributed by atoms with Crippen molar-refractivity contribution >= 4 is 17.6 Å². The van der Waals surface area contributed by atoms with E-state index < -0.39 is 12.1 Å². The Morgan fingerprint density at radius 1 is 1.12 bits per heavy atom. The lowest BCUT2D eigenvalue weighted by Gasteiger charge is -2.24. The quantitative estimate of drug-likeness (QED) is 0.751. The zero-order valence-electron chi connectivity index (χ0n) is 13.6. The van der Waals surface area contributed by atoms with Gasteiger partial charge in [-0.05, 0) is 24.6 Å². The molecule has 0 aliphatic carbocycles. The fourth-order valence-electron chi connectivity index (χ4n) is 2.38. The summed E-state index contributed by atoms with van der Waals surface area (Å²) in [7, 11) is 1.58. The van der Waals surface area contributed by atoms with Crippen LogP contribution < -0.4 is 15.4 Å². The van der Waals surface area contributed by atoms with Gasteiger partial charge in [-0.3, -0.25) is 0 Å². The van der Waals surface area contributed by atoms with Crippen LogP contribution in [0.5, 0.6) is 5.75 Å². The lowest BCUT2D eigenvalue weighted by Crippen LogP contribution is -2.44. The average molecular weight is 349 g/mol. The third-order valence-corrected chi connectivity index (χ3v) is 3.94. The normalized spacial score (nSPS) is 13.0. The molecule has 0 fully saturated rings. The van der Waals surface area contributed by atoms with Gasteiger partial charge in [-0.15, -0.1) is 0 Å². The van der Waals surface area contributed by atoms with Gasteiger partial charge in [0, 0.05) is 10.6 Å².